The molecule has 0 radical (unpaired) electrons. The molecule has 0 saturated carbocycles. The van der Waals surface area contributed by atoms with Gasteiger partial charge >= 0.3 is 0 Å². The van der Waals surface area contributed by atoms with Crippen LogP contribution in [0, 0.1) is 5.92 Å². The van der Waals surface area contributed by atoms with E-state index < -0.39 is 0 Å². The molecule has 3 aromatic carbocycles. The Morgan fingerprint density at radius 2 is 1.58 bits per heavy atom. The third-order valence-electron chi connectivity index (χ3n) is 5.98. The number of anilines is 2. The van der Waals surface area contributed by atoms with Gasteiger partial charge in [0.05, 0.1) is 11.4 Å². The Kier molecular flexibility index (Phi) is 7.25. The summed E-state index contributed by atoms with van der Waals surface area (Å²) in [6.45, 7) is 1.37. The quantitative estimate of drug-likeness (QED) is 0.551. The van der Waals surface area contributed by atoms with Crippen LogP contribution >= 0.6 is 0 Å². The third-order valence-corrected chi connectivity index (χ3v) is 5.98. The molecule has 1 aliphatic heterocycles. The topological polar surface area (TPSA) is 84.7 Å². The summed E-state index contributed by atoms with van der Waals surface area (Å²) in [5, 5.41) is 2.98. The van der Waals surface area contributed by atoms with Gasteiger partial charge in [0.15, 0.2) is 6.61 Å². The van der Waals surface area contributed by atoms with E-state index in [4.69, 9.17) is 10.5 Å². The van der Waals surface area contributed by atoms with Crippen molar-refractivity contribution in [3.8, 4) is 5.75 Å². The minimum Gasteiger partial charge on any atom is -0.483 e. The number of carbonyl (C=O) groups excluding carboxylic acids is 2. The molecule has 3 N–H and O–H groups in total. The molecule has 0 spiro atoms. The molecule has 6 nitrogen and oxygen atoms in total. The Bertz CT molecular complexity index is 1090. The van der Waals surface area contributed by atoms with Crippen molar-refractivity contribution in [3.63, 3.8) is 0 Å². The minimum absolute atomic E-state index is 0.0765. The van der Waals surface area contributed by atoms with Crippen LogP contribution in [0.25, 0.3) is 0 Å². The first kappa shape index (κ1) is 22.4. The van der Waals surface area contributed by atoms with Gasteiger partial charge in [-0.2, -0.15) is 0 Å². The number of piperidine rings is 1. The Labute approximate surface area is 194 Å². The van der Waals surface area contributed by atoms with Crippen LogP contribution in [0.4, 0.5) is 11.4 Å². The van der Waals surface area contributed by atoms with Crippen molar-refractivity contribution in [3.05, 3.63) is 90.0 Å². The van der Waals surface area contributed by atoms with Gasteiger partial charge in [-0.3, -0.25) is 9.59 Å². The lowest BCUT2D eigenvalue weighted by Gasteiger charge is -2.33. The summed E-state index contributed by atoms with van der Waals surface area (Å²) < 4.78 is 5.89. The lowest BCUT2D eigenvalue weighted by Crippen LogP contribution is -2.39. The molecule has 1 heterocycles. The summed E-state index contributed by atoms with van der Waals surface area (Å²) in [7, 11) is 0. The van der Waals surface area contributed by atoms with Crippen molar-refractivity contribution < 1.29 is 14.3 Å². The maximum atomic E-state index is 12.7. The Balaban J connectivity index is 1.37. The highest BCUT2D eigenvalue weighted by Crippen LogP contribution is 2.30. The summed E-state index contributed by atoms with van der Waals surface area (Å²) in [6, 6.07) is 25.7. The van der Waals surface area contributed by atoms with E-state index in [1.807, 2.05) is 66.7 Å². The molecule has 4 rings (SSSR count). The Morgan fingerprint density at radius 1 is 0.909 bits per heavy atom. The molecule has 0 bridgehead atoms. The second kappa shape index (κ2) is 10.7. The average Bonchev–Trinajstić information content (AvgIpc) is 2.84. The van der Waals surface area contributed by atoms with E-state index in [1.165, 1.54) is 5.56 Å². The van der Waals surface area contributed by atoms with Crippen LogP contribution in [0.1, 0.15) is 24.0 Å². The van der Waals surface area contributed by atoms with E-state index in [0.29, 0.717) is 5.75 Å². The molecule has 0 aliphatic carbocycles. The number of hydrogen-bond donors (Lipinski definition) is 2. The Morgan fingerprint density at radius 3 is 2.33 bits per heavy atom. The van der Waals surface area contributed by atoms with E-state index in [1.54, 1.807) is 0 Å². The molecule has 3 aromatic rings. The maximum absolute atomic E-state index is 12.7. The van der Waals surface area contributed by atoms with Crippen LogP contribution < -0.4 is 20.7 Å². The smallest absolute Gasteiger partial charge is 0.262 e. The molecule has 0 atom stereocenters. The van der Waals surface area contributed by atoms with E-state index in [0.717, 1.165) is 49.3 Å². The summed E-state index contributed by atoms with van der Waals surface area (Å²) in [6.07, 6.45) is 2.18. The summed E-state index contributed by atoms with van der Waals surface area (Å²) in [5.74, 6) is 0.176. The van der Waals surface area contributed by atoms with Gasteiger partial charge in [-0.15, -0.1) is 0 Å². The highest BCUT2D eigenvalue weighted by molar-refractivity contribution is 5.95. The van der Waals surface area contributed by atoms with E-state index in [-0.39, 0.29) is 24.3 Å². The van der Waals surface area contributed by atoms with Crippen LogP contribution in [0.15, 0.2) is 78.9 Å². The molecule has 33 heavy (non-hydrogen) atoms. The molecule has 0 unspecified atom stereocenters. The highest BCUT2D eigenvalue weighted by Gasteiger charge is 2.24. The fraction of sp³-hybridized carbons (Fsp3) is 0.259. The number of para-hydroxylation sites is 3. The molecule has 1 fully saturated rings. The molecular formula is C27H29N3O3. The van der Waals surface area contributed by atoms with Gasteiger partial charge in [0.2, 0.25) is 5.91 Å². The predicted octanol–water partition coefficient (Wildman–Crippen LogP) is 4.00. The van der Waals surface area contributed by atoms with Crippen molar-refractivity contribution in [2.75, 3.05) is 29.9 Å². The van der Waals surface area contributed by atoms with E-state index >= 15 is 0 Å². The van der Waals surface area contributed by atoms with Crippen molar-refractivity contribution in [2.24, 2.45) is 11.7 Å². The summed E-state index contributed by atoms with van der Waals surface area (Å²) in [5.41, 5.74) is 9.36. The average molecular weight is 444 g/mol. The van der Waals surface area contributed by atoms with Gasteiger partial charge in [0.25, 0.3) is 5.91 Å². The lowest BCUT2D eigenvalue weighted by molar-refractivity contribution is -0.122. The molecule has 0 aromatic heterocycles. The first-order valence-corrected chi connectivity index (χ1v) is 11.3. The van der Waals surface area contributed by atoms with Gasteiger partial charge in [0, 0.05) is 25.4 Å². The van der Waals surface area contributed by atoms with Crippen LogP contribution in [-0.4, -0.2) is 31.5 Å². The van der Waals surface area contributed by atoms with Gasteiger partial charge in [-0.05, 0) is 42.2 Å². The van der Waals surface area contributed by atoms with Crippen molar-refractivity contribution in [1.29, 1.82) is 0 Å². The molecule has 1 aliphatic rings. The number of nitrogens with zero attached hydrogens (tertiary/aromatic N) is 1. The number of benzene rings is 3. The number of carbonyl (C=O) groups is 2. The van der Waals surface area contributed by atoms with Crippen molar-refractivity contribution in [2.45, 2.75) is 19.3 Å². The fourth-order valence-electron chi connectivity index (χ4n) is 4.20. The van der Waals surface area contributed by atoms with E-state index in [9.17, 15) is 9.59 Å². The van der Waals surface area contributed by atoms with Gasteiger partial charge in [-0.1, -0.05) is 60.7 Å². The number of ether oxygens (including phenoxy) is 1. The minimum atomic E-state index is -0.235. The van der Waals surface area contributed by atoms with Gasteiger partial charge in [-0.25, -0.2) is 0 Å². The van der Waals surface area contributed by atoms with Crippen LogP contribution in [0.3, 0.4) is 0 Å². The second-order valence-electron chi connectivity index (χ2n) is 8.29. The Hall–Kier alpha value is -3.80. The number of nitrogens with two attached hydrogens (primary N) is 1. The fourth-order valence-corrected chi connectivity index (χ4v) is 4.20. The molecule has 2 amide bonds. The summed E-state index contributed by atoms with van der Waals surface area (Å²) >= 11 is 0. The second-order valence-corrected chi connectivity index (χ2v) is 8.29. The summed E-state index contributed by atoms with van der Waals surface area (Å²) in [4.78, 5) is 26.4. The van der Waals surface area contributed by atoms with Gasteiger partial charge < -0.3 is 20.7 Å². The predicted molar refractivity (Wildman–Crippen MR) is 130 cm³/mol. The van der Waals surface area contributed by atoms with Gasteiger partial charge in [0.1, 0.15) is 5.75 Å². The number of amides is 2. The number of hydrogen-bond acceptors (Lipinski definition) is 4. The van der Waals surface area contributed by atoms with Crippen LogP contribution in [0.2, 0.25) is 0 Å². The maximum Gasteiger partial charge on any atom is 0.262 e. The number of nitrogens with one attached hydrogen (secondary N) is 1. The largest absolute Gasteiger partial charge is 0.483 e. The van der Waals surface area contributed by atoms with Crippen LogP contribution in [0.5, 0.6) is 5.75 Å². The number of rotatable bonds is 8. The highest BCUT2D eigenvalue weighted by atomic mass is 16.5. The SMILES string of the molecule is NC(=O)C1CCN(c2ccccc2NC(=O)COc2ccccc2Cc2ccccc2)CC1. The first-order chi connectivity index (χ1) is 16.1. The third kappa shape index (κ3) is 5.92. The van der Waals surface area contributed by atoms with Crippen molar-refractivity contribution in [1.82, 2.24) is 0 Å². The molecule has 1 saturated heterocycles. The molecule has 170 valence electrons. The van der Waals surface area contributed by atoms with Crippen LogP contribution in [-0.2, 0) is 16.0 Å². The molecular weight excluding hydrogens is 414 g/mol. The van der Waals surface area contributed by atoms with Crippen molar-refractivity contribution >= 4 is 23.2 Å². The zero-order valence-electron chi connectivity index (χ0n) is 18.6. The first-order valence-electron chi connectivity index (χ1n) is 11.3. The lowest BCUT2D eigenvalue weighted by atomic mass is 9.96. The molecule has 6 heteroatoms. The zero-order valence-corrected chi connectivity index (χ0v) is 18.6. The number of primary amides is 1. The standard InChI is InChI=1S/C27H29N3O3/c28-27(32)21-14-16-30(17-15-21)24-12-6-5-11-23(24)29-26(31)19-33-25-13-7-4-10-22(25)18-20-8-2-1-3-9-20/h1-13,21H,14-19H2,(H2,28,32)(H,29,31). The normalized spacial score (nSPS) is 14.0. The zero-order chi connectivity index (χ0) is 23.0. The van der Waals surface area contributed by atoms with E-state index in [2.05, 4.69) is 22.3 Å². The monoisotopic (exact) mass is 443 g/mol.